The Hall–Kier alpha value is -2.50. The van der Waals surface area contributed by atoms with Gasteiger partial charge in [-0.2, -0.15) is 0 Å². The third-order valence-electron chi connectivity index (χ3n) is 4.82. The summed E-state index contributed by atoms with van der Waals surface area (Å²) in [7, 11) is 0. The lowest BCUT2D eigenvalue weighted by Gasteiger charge is -2.28. The van der Waals surface area contributed by atoms with Crippen molar-refractivity contribution in [3.8, 4) is 0 Å². The number of nitrogens with zero attached hydrogens (tertiary/aromatic N) is 3. The Morgan fingerprint density at radius 3 is 3.04 bits per heavy atom. The van der Waals surface area contributed by atoms with Gasteiger partial charge in [0.05, 0.1) is 11.3 Å². The zero-order valence-corrected chi connectivity index (χ0v) is 13.0. The van der Waals surface area contributed by atoms with Crippen LogP contribution in [0, 0.1) is 6.92 Å². The van der Waals surface area contributed by atoms with Gasteiger partial charge in [0.2, 0.25) is 5.91 Å². The molecule has 2 aromatic heterocycles. The van der Waals surface area contributed by atoms with Gasteiger partial charge in [0, 0.05) is 36.6 Å². The second-order valence-corrected chi connectivity index (χ2v) is 6.28. The standard InChI is InChI=1S/C17H18N4O2/c1-10-14(7-11-3-2-6-18-16(11)20-10)17(23)21-12-4-5-13(21)9-19-15(22)8-12/h2-3,6-7,12-13H,4-5,8-9H2,1H3,(H,19,22)/t12-,13+/m1/s1. The summed E-state index contributed by atoms with van der Waals surface area (Å²) in [4.78, 5) is 35.4. The first kappa shape index (κ1) is 14.1. The van der Waals surface area contributed by atoms with Crippen molar-refractivity contribution in [2.75, 3.05) is 6.54 Å². The normalized spacial score (nSPS) is 23.7. The van der Waals surface area contributed by atoms with Gasteiger partial charge in [0.1, 0.15) is 0 Å². The summed E-state index contributed by atoms with van der Waals surface area (Å²) >= 11 is 0. The molecule has 2 aliphatic rings. The van der Waals surface area contributed by atoms with Crippen molar-refractivity contribution in [3.63, 3.8) is 0 Å². The topological polar surface area (TPSA) is 75.2 Å². The molecule has 0 saturated carbocycles. The molecule has 2 fully saturated rings. The minimum Gasteiger partial charge on any atom is -0.354 e. The van der Waals surface area contributed by atoms with E-state index in [4.69, 9.17) is 0 Å². The lowest BCUT2D eigenvalue weighted by Crippen LogP contribution is -2.42. The van der Waals surface area contributed by atoms with Gasteiger partial charge in [-0.25, -0.2) is 9.97 Å². The van der Waals surface area contributed by atoms with Gasteiger partial charge in [0.15, 0.2) is 5.65 Å². The number of aryl methyl sites for hydroxylation is 1. The van der Waals surface area contributed by atoms with Crippen LogP contribution in [0.5, 0.6) is 0 Å². The Kier molecular flexibility index (Phi) is 3.25. The van der Waals surface area contributed by atoms with Crippen LogP contribution in [0.15, 0.2) is 24.4 Å². The van der Waals surface area contributed by atoms with E-state index in [0.717, 1.165) is 18.2 Å². The minimum atomic E-state index is -0.0234. The van der Waals surface area contributed by atoms with Crippen LogP contribution in [0.2, 0.25) is 0 Å². The van der Waals surface area contributed by atoms with Crippen molar-refractivity contribution in [3.05, 3.63) is 35.7 Å². The highest BCUT2D eigenvalue weighted by Crippen LogP contribution is 2.30. The van der Waals surface area contributed by atoms with Gasteiger partial charge in [0.25, 0.3) is 5.91 Å². The lowest BCUT2D eigenvalue weighted by molar-refractivity contribution is -0.121. The van der Waals surface area contributed by atoms with Gasteiger partial charge in [-0.15, -0.1) is 0 Å². The molecule has 0 unspecified atom stereocenters. The average Bonchev–Trinajstić information content (AvgIpc) is 2.85. The van der Waals surface area contributed by atoms with Crippen molar-refractivity contribution < 1.29 is 9.59 Å². The van der Waals surface area contributed by atoms with Gasteiger partial charge >= 0.3 is 0 Å². The van der Waals surface area contributed by atoms with E-state index < -0.39 is 0 Å². The first-order valence-electron chi connectivity index (χ1n) is 7.95. The number of amides is 2. The van der Waals surface area contributed by atoms with E-state index >= 15 is 0 Å². The van der Waals surface area contributed by atoms with Gasteiger partial charge in [-0.05, 0) is 38.0 Å². The van der Waals surface area contributed by atoms with Crippen LogP contribution in [-0.4, -0.2) is 45.3 Å². The predicted octanol–water partition coefficient (Wildman–Crippen LogP) is 1.43. The first-order valence-corrected chi connectivity index (χ1v) is 7.95. The molecule has 4 heterocycles. The quantitative estimate of drug-likeness (QED) is 0.864. The van der Waals surface area contributed by atoms with Crippen molar-refractivity contribution in [2.24, 2.45) is 0 Å². The van der Waals surface area contributed by atoms with E-state index in [1.165, 1.54) is 0 Å². The van der Waals surface area contributed by atoms with Gasteiger partial charge in [-0.1, -0.05) is 0 Å². The maximum atomic E-state index is 13.1. The number of pyridine rings is 2. The molecule has 4 rings (SSSR count). The minimum absolute atomic E-state index is 0.000930. The highest BCUT2D eigenvalue weighted by atomic mass is 16.2. The summed E-state index contributed by atoms with van der Waals surface area (Å²) in [6.07, 6.45) is 3.93. The Morgan fingerprint density at radius 1 is 1.35 bits per heavy atom. The summed E-state index contributed by atoms with van der Waals surface area (Å²) in [5.74, 6) is 0.0114. The van der Waals surface area contributed by atoms with Crippen LogP contribution < -0.4 is 5.32 Å². The Labute approximate surface area is 133 Å². The molecule has 2 amide bonds. The number of hydrogen-bond acceptors (Lipinski definition) is 4. The number of aromatic nitrogens is 2. The lowest BCUT2D eigenvalue weighted by atomic mass is 10.1. The van der Waals surface area contributed by atoms with Crippen LogP contribution in [0.3, 0.4) is 0 Å². The average molecular weight is 310 g/mol. The summed E-state index contributed by atoms with van der Waals surface area (Å²) in [6.45, 7) is 2.38. The molecule has 118 valence electrons. The van der Waals surface area contributed by atoms with Crippen molar-refractivity contribution in [1.82, 2.24) is 20.2 Å². The van der Waals surface area contributed by atoms with Crippen LogP contribution in [-0.2, 0) is 4.79 Å². The van der Waals surface area contributed by atoms with Crippen molar-refractivity contribution in [2.45, 2.75) is 38.3 Å². The molecule has 2 saturated heterocycles. The van der Waals surface area contributed by atoms with Gasteiger partial charge in [-0.3, -0.25) is 9.59 Å². The molecule has 2 bridgehead atoms. The molecule has 0 aliphatic carbocycles. The van der Waals surface area contributed by atoms with E-state index in [-0.39, 0.29) is 23.9 Å². The van der Waals surface area contributed by atoms with E-state index in [0.29, 0.717) is 29.9 Å². The van der Waals surface area contributed by atoms with Crippen LogP contribution >= 0.6 is 0 Å². The van der Waals surface area contributed by atoms with E-state index in [1.807, 2.05) is 30.0 Å². The smallest absolute Gasteiger partial charge is 0.256 e. The molecule has 0 spiro atoms. The molecule has 23 heavy (non-hydrogen) atoms. The number of fused-ring (bicyclic) bond motifs is 3. The SMILES string of the molecule is Cc1nc2ncccc2cc1C(=O)N1[C@@H]2CC[C@H]1CNC(=O)C2. The summed E-state index contributed by atoms with van der Waals surface area (Å²) in [5, 5.41) is 3.76. The number of rotatable bonds is 1. The Bertz CT molecular complexity index is 804. The third-order valence-corrected chi connectivity index (χ3v) is 4.82. The molecule has 2 aromatic rings. The van der Waals surface area contributed by atoms with E-state index in [1.54, 1.807) is 6.20 Å². The maximum Gasteiger partial charge on any atom is 0.256 e. The van der Waals surface area contributed by atoms with Crippen molar-refractivity contribution >= 4 is 22.8 Å². The molecule has 0 radical (unpaired) electrons. The molecule has 0 aromatic carbocycles. The van der Waals surface area contributed by atoms with Crippen molar-refractivity contribution in [1.29, 1.82) is 0 Å². The molecule has 2 atom stereocenters. The maximum absolute atomic E-state index is 13.1. The molecule has 6 heteroatoms. The van der Waals surface area contributed by atoms with E-state index in [2.05, 4.69) is 15.3 Å². The highest BCUT2D eigenvalue weighted by molar-refractivity contribution is 5.99. The molecular weight excluding hydrogens is 292 g/mol. The molecular formula is C17H18N4O2. The number of carbonyl (C=O) groups is 2. The number of carbonyl (C=O) groups excluding carboxylic acids is 2. The molecule has 1 N–H and O–H groups in total. The zero-order chi connectivity index (χ0) is 16.0. The van der Waals surface area contributed by atoms with E-state index in [9.17, 15) is 9.59 Å². The molecule has 2 aliphatic heterocycles. The third kappa shape index (κ3) is 2.34. The Balaban J connectivity index is 1.74. The monoisotopic (exact) mass is 310 g/mol. The number of hydrogen-bond donors (Lipinski definition) is 1. The van der Waals surface area contributed by atoms with Gasteiger partial charge < -0.3 is 10.2 Å². The summed E-state index contributed by atoms with van der Waals surface area (Å²) in [6, 6.07) is 5.70. The Morgan fingerprint density at radius 2 is 2.17 bits per heavy atom. The fourth-order valence-corrected chi connectivity index (χ4v) is 3.66. The first-order chi connectivity index (χ1) is 11.1. The van der Waals surface area contributed by atoms with Crippen LogP contribution in [0.25, 0.3) is 11.0 Å². The zero-order valence-electron chi connectivity index (χ0n) is 13.0. The second-order valence-electron chi connectivity index (χ2n) is 6.28. The molecule has 6 nitrogen and oxygen atoms in total. The summed E-state index contributed by atoms with van der Waals surface area (Å²) < 4.78 is 0. The largest absolute Gasteiger partial charge is 0.354 e. The number of nitrogens with one attached hydrogen (secondary N) is 1. The highest BCUT2D eigenvalue weighted by Gasteiger charge is 2.40. The summed E-state index contributed by atoms with van der Waals surface area (Å²) in [5.41, 5.74) is 1.94. The predicted molar refractivity (Wildman–Crippen MR) is 84.9 cm³/mol. The second kappa shape index (κ2) is 5.30. The van der Waals surface area contributed by atoms with Crippen LogP contribution in [0.4, 0.5) is 0 Å². The fourth-order valence-electron chi connectivity index (χ4n) is 3.66. The fraction of sp³-hybridized carbons (Fsp3) is 0.412. The van der Waals surface area contributed by atoms with Crippen LogP contribution in [0.1, 0.15) is 35.3 Å².